The average Bonchev–Trinajstić information content (AvgIpc) is 3.09. The minimum absolute atomic E-state index is 0.0498. The van der Waals surface area contributed by atoms with Gasteiger partial charge in [-0.05, 0) is 42.0 Å². The Hall–Kier alpha value is -4.52. The minimum atomic E-state index is -0.381. The van der Waals surface area contributed by atoms with Crippen LogP contribution in [-0.4, -0.2) is 34.7 Å². The smallest absolute Gasteiger partial charge is 0.261 e. The van der Waals surface area contributed by atoms with Crippen LogP contribution in [-0.2, 0) is 6.54 Å². The third kappa shape index (κ3) is 3.70. The molecule has 0 fully saturated rings. The van der Waals surface area contributed by atoms with Crippen LogP contribution in [0, 0.1) is 0 Å². The number of amides is 3. The predicted octanol–water partition coefficient (Wildman–Crippen LogP) is 4.29. The molecule has 0 spiro atoms. The number of methoxy groups -OCH3 is 1. The fourth-order valence-corrected chi connectivity index (χ4v) is 3.93. The molecule has 5 rings (SSSR count). The molecule has 4 aromatic rings. The van der Waals surface area contributed by atoms with E-state index in [0.717, 1.165) is 10.9 Å². The van der Waals surface area contributed by atoms with Gasteiger partial charge in [-0.15, -0.1) is 0 Å². The highest BCUT2D eigenvalue weighted by Crippen LogP contribution is 2.27. The molecule has 2 heterocycles. The number of fused-ring (bicyclic) bond motifs is 2. The first-order valence-corrected chi connectivity index (χ1v) is 10.3. The van der Waals surface area contributed by atoms with Crippen molar-refractivity contribution >= 4 is 34.3 Å². The van der Waals surface area contributed by atoms with Gasteiger partial charge in [0.05, 0.1) is 47.7 Å². The van der Waals surface area contributed by atoms with E-state index < -0.39 is 0 Å². The lowest BCUT2D eigenvalue weighted by molar-refractivity contribution is 0.0642. The van der Waals surface area contributed by atoms with E-state index in [1.807, 2.05) is 30.3 Å². The number of ether oxygens (including phenoxy) is 1. The molecule has 0 saturated heterocycles. The monoisotopic (exact) mass is 437 g/mol. The summed E-state index contributed by atoms with van der Waals surface area (Å²) in [5.74, 6) is -0.695. The molecule has 0 unspecified atom stereocenters. The summed E-state index contributed by atoms with van der Waals surface area (Å²) in [7, 11) is 1.48. The van der Waals surface area contributed by atoms with Crippen LogP contribution in [0.15, 0.2) is 79.0 Å². The van der Waals surface area contributed by atoms with Gasteiger partial charge in [0.15, 0.2) is 0 Å². The van der Waals surface area contributed by atoms with Crippen molar-refractivity contribution in [2.24, 2.45) is 0 Å². The molecule has 0 aliphatic carbocycles. The van der Waals surface area contributed by atoms with Crippen LogP contribution < -0.4 is 10.1 Å². The molecule has 7 heteroatoms. The van der Waals surface area contributed by atoms with Crippen LogP contribution in [0.3, 0.4) is 0 Å². The molecular weight excluding hydrogens is 418 g/mol. The highest BCUT2D eigenvalue weighted by atomic mass is 16.5. The highest BCUT2D eigenvalue weighted by molar-refractivity contribution is 6.21. The van der Waals surface area contributed by atoms with Crippen molar-refractivity contribution in [3.05, 3.63) is 101 Å². The van der Waals surface area contributed by atoms with Gasteiger partial charge < -0.3 is 10.1 Å². The minimum Gasteiger partial charge on any atom is -0.496 e. The van der Waals surface area contributed by atoms with Crippen molar-refractivity contribution in [2.75, 3.05) is 12.4 Å². The van der Waals surface area contributed by atoms with Crippen molar-refractivity contribution in [1.29, 1.82) is 0 Å². The van der Waals surface area contributed by atoms with Crippen LogP contribution >= 0.6 is 0 Å². The summed E-state index contributed by atoms with van der Waals surface area (Å²) in [5, 5.41) is 3.75. The number of benzene rings is 3. The molecule has 1 aliphatic heterocycles. The summed E-state index contributed by atoms with van der Waals surface area (Å²) >= 11 is 0. The van der Waals surface area contributed by atoms with Gasteiger partial charge in [-0.25, -0.2) is 0 Å². The Labute approximate surface area is 189 Å². The normalized spacial score (nSPS) is 12.7. The Bertz CT molecular complexity index is 1400. The maximum absolute atomic E-state index is 13.1. The fourth-order valence-electron chi connectivity index (χ4n) is 3.93. The Balaban J connectivity index is 1.40. The fraction of sp³-hybridized carbons (Fsp3) is 0.0769. The zero-order valence-corrected chi connectivity index (χ0v) is 17.7. The number of nitrogens with zero attached hydrogens (tertiary/aromatic N) is 2. The van der Waals surface area contributed by atoms with Gasteiger partial charge in [-0.2, -0.15) is 0 Å². The Kier molecular flexibility index (Phi) is 5.06. The summed E-state index contributed by atoms with van der Waals surface area (Å²) in [6, 6.07) is 21.2. The first kappa shape index (κ1) is 20.4. The number of carbonyl (C=O) groups excluding carboxylic acids is 3. The molecule has 33 heavy (non-hydrogen) atoms. The SMILES string of the molecule is COc1ccc(CN2C(=O)c3ccccc3C2=O)cc1C(=O)Nc1cnc2ccccc2c1. The summed E-state index contributed by atoms with van der Waals surface area (Å²) in [5.41, 5.74) is 3.07. The molecule has 0 atom stereocenters. The van der Waals surface area contributed by atoms with E-state index in [0.29, 0.717) is 33.7 Å². The van der Waals surface area contributed by atoms with Crippen LogP contribution in [0.4, 0.5) is 5.69 Å². The van der Waals surface area contributed by atoms with Crippen molar-refractivity contribution in [1.82, 2.24) is 9.88 Å². The third-order valence-corrected chi connectivity index (χ3v) is 5.58. The second-order valence-electron chi connectivity index (χ2n) is 7.65. The number of pyridine rings is 1. The number of para-hydroxylation sites is 1. The molecule has 1 aliphatic rings. The van der Waals surface area contributed by atoms with Gasteiger partial charge in [0.2, 0.25) is 0 Å². The van der Waals surface area contributed by atoms with Crippen LogP contribution in [0.5, 0.6) is 5.75 Å². The lowest BCUT2D eigenvalue weighted by atomic mass is 10.1. The summed E-state index contributed by atoms with van der Waals surface area (Å²) < 4.78 is 5.37. The van der Waals surface area contributed by atoms with Gasteiger partial charge >= 0.3 is 0 Å². The summed E-state index contributed by atoms with van der Waals surface area (Å²) in [6.07, 6.45) is 1.59. The number of anilines is 1. The number of hydrogen-bond donors (Lipinski definition) is 1. The van der Waals surface area contributed by atoms with Crippen molar-refractivity contribution in [2.45, 2.75) is 6.54 Å². The molecular formula is C26H19N3O4. The molecule has 7 nitrogen and oxygen atoms in total. The summed E-state index contributed by atoms with van der Waals surface area (Å²) in [6.45, 7) is 0.0498. The molecule has 0 radical (unpaired) electrons. The largest absolute Gasteiger partial charge is 0.496 e. The zero-order valence-electron chi connectivity index (χ0n) is 17.7. The van der Waals surface area contributed by atoms with Crippen LogP contribution in [0.2, 0.25) is 0 Å². The van der Waals surface area contributed by atoms with Crippen LogP contribution in [0.1, 0.15) is 36.6 Å². The van der Waals surface area contributed by atoms with Crippen molar-refractivity contribution < 1.29 is 19.1 Å². The van der Waals surface area contributed by atoms with Gasteiger partial charge in [0, 0.05) is 5.39 Å². The maximum atomic E-state index is 13.1. The van der Waals surface area contributed by atoms with Crippen molar-refractivity contribution in [3.8, 4) is 5.75 Å². The van der Waals surface area contributed by atoms with E-state index in [4.69, 9.17) is 4.74 Å². The topological polar surface area (TPSA) is 88.6 Å². The molecule has 0 saturated carbocycles. The summed E-state index contributed by atoms with van der Waals surface area (Å²) in [4.78, 5) is 44.0. The number of carbonyl (C=O) groups is 3. The lowest BCUT2D eigenvalue weighted by Gasteiger charge is -2.16. The van der Waals surface area contributed by atoms with Gasteiger partial charge in [-0.3, -0.25) is 24.3 Å². The molecule has 3 amide bonds. The van der Waals surface area contributed by atoms with E-state index in [2.05, 4.69) is 10.3 Å². The molecule has 1 N–H and O–H groups in total. The number of imide groups is 1. The third-order valence-electron chi connectivity index (χ3n) is 5.58. The van der Waals surface area contributed by atoms with Crippen molar-refractivity contribution in [3.63, 3.8) is 0 Å². The Morgan fingerprint density at radius 2 is 1.64 bits per heavy atom. The highest BCUT2D eigenvalue weighted by Gasteiger charge is 2.35. The Morgan fingerprint density at radius 1 is 0.939 bits per heavy atom. The van der Waals surface area contributed by atoms with Gasteiger partial charge in [0.25, 0.3) is 17.7 Å². The number of hydrogen-bond acceptors (Lipinski definition) is 5. The second-order valence-corrected chi connectivity index (χ2v) is 7.65. The average molecular weight is 437 g/mol. The first-order valence-electron chi connectivity index (χ1n) is 10.3. The van der Waals surface area contributed by atoms with E-state index in [1.165, 1.54) is 12.0 Å². The van der Waals surface area contributed by atoms with Gasteiger partial charge in [-0.1, -0.05) is 36.4 Å². The van der Waals surface area contributed by atoms with Gasteiger partial charge in [0.1, 0.15) is 5.75 Å². The van der Waals surface area contributed by atoms with E-state index >= 15 is 0 Å². The molecule has 162 valence electrons. The predicted molar refractivity (Wildman–Crippen MR) is 123 cm³/mol. The maximum Gasteiger partial charge on any atom is 0.261 e. The quantitative estimate of drug-likeness (QED) is 0.471. The van der Waals surface area contributed by atoms with Crippen LogP contribution in [0.25, 0.3) is 10.9 Å². The number of nitrogens with one attached hydrogen (secondary N) is 1. The van der Waals surface area contributed by atoms with E-state index in [-0.39, 0.29) is 24.3 Å². The number of aromatic nitrogens is 1. The molecule has 0 bridgehead atoms. The first-order chi connectivity index (χ1) is 16.0. The Morgan fingerprint density at radius 3 is 2.36 bits per heavy atom. The number of rotatable bonds is 5. The second kappa shape index (κ2) is 8.20. The molecule has 3 aromatic carbocycles. The zero-order chi connectivity index (χ0) is 22.9. The van der Waals surface area contributed by atoms with E-state index in [9.17, 15) is 14.4 Å². The van der Waals surface area contributed by atoms with E-state index in [1.54, 1.807) is 48.7 Å². The standard InChI is InChI=1S/C26H19N3O4/c1-33-23-11-10-16(15-29-25(31)19-7-3-4-8-20(19)26(29)32)12-21(23)24(30)28-18-13-17-6-2-5-9-22(17)27-14-18/h2-14H,15H2,1H3,(H,28,30). The lowest BCUT2D eigenvalue weighted by Crippen LogP contribution is -2.29. The molecule has 1 aromatic heterocycles.